The minimum atomic E-state index is -0.472. The second-order valence-electron chi connectivity index (χ2n) is 3.90. The largest absolute Gasteiger partial charge is 0.458 e. The number of hydrogen-bond donors (Lipinski definition) is 0. The van der Waals surface area contributed by atoms with Crippen LogP contribution in [0.5, 0.6) is 0 Å². The third-order valence-electron chi connectivity index (χ3n) is 2.41. The van der Waals surface area contributed by atoms with Gasteiger partial charge in [-0.2, -0.15) is 5.26 Å². The monoisotopic (exact) mass is 331 g/mol. The Kier molecular flexibility index (Phi) is 4.75. The molecule has 4 nitrogen and oxygen atoms in total. The van der Waals surface area contributed by atoms with Crippen molar-refractivity contribution in [3.63, 3.8) is 0 Å². The summed E-state index contributed by atoms with van der Waals surface area (Å²) >= 11 is 3.17. The second kappa shape index (κ2) is 6.73. The lowest BCUT2D eigenvalue weighted by Gasteiger charge is -2.02. The van der Waals surface area contributed by atoms with Gasteiger partial charge in [-0.3, -0.25) is 0 Å². The number of esters is 1. The van der Waals surface area contributed by atoms with Crippen molar-refractivity contribution >= 4 is 28.0 Å². The Bertz CT molecular complexity index is 682. The molecule has 0 atom stereocenters. The van der Waals surface area contributed by atoms with Gasteiger partial charge in [0, 0.05) is 6.08 Å². The maximum Gasteiger partial charge on any atom is 0.331 e. The third kappa shape index (κ3) is 4.11. The summed E-state index contributed by atoms with van der Waals surface area (Å²) in [7, 11) is 0. The maximum atomic E-state index is 11.5. The minimum absolute atomic E-state index is 0.126. The molecule has 0 spiro atoms. The molecule has 0 N–H and O–H groups in total. The molecule has 0 bridgehead atoms. The van der Waals surface area contributed by atoms with Crippen molar-refractivity contribution in [3.8, 4) is 6.07 Å². The van der Waals surface area contributed by atoms with Crippen molar-refractivity contribution in [2.45, 2.75) is 6.61 Å². The van der Waals surface area contributed by atoms with Crippen molar-refractivity contribution < 1.29 is 13.9 Å². The molecule has 0 fully saturated rings. The zero-order valence-corrected chi connectivity index (χ0v) is 12.0. The minimum Gasteiger partial charge on any atom is -0.458 e. The van der Waals surface area contributed by atoms with Crippen LogP contribution < -0.4 is 0 Å². The van der Waals surface area contributed by atoms with Crippen LogP contribution in [-0.4, -0.2) is 5.97 Å². The highest BCUT2D eigenvalue weighted by Gasteiger charge is 2.01. The number of rotatable bonds is 4. The van der Waals surface area contributed by atoms with Crippen LogP contribution >= 0.6 is 15.9 Å². The second-order valence-corrected chi connectivity index (χ2v) is 4.68. The number of benzene rings is 1. The van der Waals surface area contributed by atoms with E-state index in [2.05, 4.69) is 15.9 Å². The fraction of sp³-hybridized carbons (Fsp3) is 0.0667. The van der Waals surface area contributed by atoms with E-state index in [0.29, 0.717) is 16.0 Å². The van der Waals surface area contributed by atoms with Gasteiger partial charge in [-0.1, -0.05) is 12.1 Å². The highest BCUT2D eigenvalue weighted by Crippen LogP contribution is 2.15. The topological polar surface area (TPSA) is 63.2 Å². The number of hydrogen-bond acceptors (Lipinski definition) is 4. The van der Waals surface area contributed by atoms with Gasteiger partial charge in [0.05, 0.1) is 11.6 Å². The Morgan fingerprint density at radius 3 is 2.95 bits per heavy atom. The molecule has 5 heteroatoms. The first-order chi connectivity index (χ1) is 9.67. The molecular formula is C15H10BrNO3. The van der Waals surface area contributed by atoms with E-state index in [1.807, 2.05) is 6.07 Å². The molecule has 0 unspecified atom stereocenters. The van der Waals surface area contributed by atoms with Crippen molar-refractivity contribution in [1.82, 2.24) is 0 Å². The summed E-state index contributed by atoms with van der Waals surface area (Å²) < 4.78 is 10.9. The summed E-state index contributed by atoms with van der Waals surface area (Å²) in [4.78, 5) is 11.5. The standard InChI is InChI=1S/C15H10BrNO3/c16-14-6-4-13(20-14)5-7-15(18)19-10-12-3-1-2-11(8-12)9-17/h1-8H,10H2/b7-5+. The molecule has 2 aromatic rings. The van der Waals surface area contributed by atoms with E-state index in [4.69, 9.17) is 14.4 Å². The molecule has 20 heavy (non-hydrogen) atoms. The Labute approximate surface area is 124 Å². The molecular weight excluding hydrogens is 322 g/mol. The van der Waals surface area contributed by atoms with Crippen LogP contribution in [0.2, 0.25) is 0 Å². The molecule has 0 aliphatic heterocycles. The number of ether oxygens (including phenoxy) is 1. The number of furan rings is 1. The molecule has 0 radical (unpaired) electrons. The van der Waals surface area contributed by atoms with Crippen molar-refractivity contribution in [1.29, 1.82) is 5.26 Å². The molecule has 1 aromatic carbocycles. The van der Waals surface area contributed by atoms with E-state index in [0.717, 1.165) is 5.56 Å². The van der Waals surface area contributed by atoms with Gasteiger partial charge < -0.3 is 9.15 Å². The van der Waals surface area contributed by atoms with Gasteiger partial charge in [0.25, 0.3) is 0 Å². The van der Waals surface area contributed by atoms with Crippen LogP contribution in [0.3, 0.4) is 0 Å². The molecule has 100 valence electrons. The smallest absolute Gasteiger partial charge is 0.331 e. The number of nitrogens with zero attached hydrogens (tertiary/aromatic N) is 1. The van der Waals surface area contributed by atoms with Crippen molar-refractivity contribution in [3.05, 3.63) is 64.0 Å². The van der Waals surface area contributed by atoms with E-state index in [9.17, 15) is 4.79 Å². The fourth-order valence-corrected chi connectivity index (χ4v) is 1.82. The summed E-state index contributed by atoms with van der Waals surface area (Å²) in [6.45, 7) is 0.126. The summed E-state index contributed by atoms with van der Waals surface area (Å²) in [5.74, 6) is 0.0835. The quantitative estimate of drug-likeness (QED) is 0.633. The van der Waals surface area contributed by atoms with Gasteiger partial charge in [-0.05, 0) is 51.8 Å². The SMILES string of the molecule is N#Cc1cccc(COC(=O)/C=C/c2ccc(Br)o2)c1. The van der Waals surface area contributed by atoms with E-state index in [-0.39, 0.29) is 6.61 Å². The van der Waals surface area contributed by atoms with Gasteiger partial charge in [-0.15, -0.1) is 0 Å². The van der Waals surface area contributed by atoms with Crippen LogP contribution in [0.1, 0.15) is 16.9 Å². The van der Waals surface area contributed by atoms with Gasteiger partial charge in [0.1, 0.15) is 12.4 Å². The summed E-state index contributed by atoms with van der Waals surface area (Å²) in [6.07, 6.45) is 2.82. The van der Waals surface area contributed by atoms with Crippen LogP contribution in [0.4, 0.5) is 0 Å². The lowest BCUT2D eigenvalue weighted by Crippen LogP contribution is -2.00. The predicted octanol–water partition coefficient (Wildman–Crippen LogP) is 3.67. The molecule has 0 aliphatic rings. The van der Waals surface area contributed by atoms with E-state index >= 15 is 0 Å². The zero-order chi connectivity index (χ0) is 14.4. The Morgan fingerprint density at radius 1 is 1.40 bits per heavy atom. The van der Waals surface area contributed by atoms with Gasteiger partial charge >= 0.3 is 5.97 Å². The molecule has 0 amide bonds. The summed E-state index contributed by atoms with van der Waals surface area (Å²) in [6, 6.07) is 12.4. The Balaban J connectivity index is 1.89. The van der Waals surface area contributed by atoms with Gasteiger partial charge in [0.2, 0.25) is 0 Å². The molecule has 2 rings (SSSR count). The number of carbonyl (C=O) groups is 1. The molecule has 0 saturated carbocycles. The number of halogens is 1. The normalized spacial score (nSPS) is 10.4. The van der Waals surface area contributed by atoms with E-state index in [1.165, 1.54) is 12.2 Å². The first kappa shape index (κ1) is 14.1. The molecule has 0 saturated heterocycles. The third-order valence-corrected chi connectivity index (χ3v) is 2.84. The van der Waals surface area contributed by atoms with E-state index < -0.39 is 5.97 Å². The van der Waals surface area contributed by atoms with Gasteiger partial charge in [-0.25, -0.2) is 4.79 Å². The summed E-state index contributed by atoms with van der Waals surface area (Å²) in [5.41, 5.74) is 1.31. The van der Waals surface area contributed by atoms with Gasteiger partial charge in [0.15, 0.2) is 4.67 Å². The van der Waals surface area contributed by atoms with Crippen molar-refractivity contribution in [2.75, 3.05) is 0 Å². The predicted molar refractivity (Wildman–Crippen MR) is 76.4 cm³/mol. The molecule has 0 aliphatic carbocycles. The number of carbonyl (C=O) groups excluding carboxylic acids is 1. The average Bonchev–Trinajstić information content (AvgIpc) is 2.89. The van der Waals surface area contributed by atoms with Crippen LogP contribution in [0.25, 0.3) is 6.08 Å². The first-order valence-electron chi connectivity index (χ1n) is 5.76. The molecule has 1 aromatic heterocycles. The Morgan fingerprint density at radius 2 is 2.25 bits per heavy atom. The van der Waals surface area contributed by atoms with Crippen LogP contribution in [0.15, 0.2) is 51.6 Å². The zero-order valence-electron chi connectivity index (χ0n) is 10.4. The Hall–Kier alpha value is -2.32. The fourth-order valence-electron chi connectivity index (χ4n) is 1.50. The maximum absolute atomic E-state index is 11.5. The van der Waals surface area contributed by atoms with Crippen LogP contribution in [0, 0.1) is 11.3 Å². The lowest BCUT2D eigenvalue weighted by atomic mass is 10.1. The first-order valence-corrected chi connectivity index (χ1v) is 6.56. The summed E-state index contributed by atoms with van der Waals surface area (Å²) in [5, 5.41) is 8.77. The van der Waals surface area contributed by atoms with Crippen molar-refractivity contribution in [2.24, 2.45) is 0 Å². The highest BCUT2D eigenvalue weighted by molar-refractivity contribution is 9.10. The highest BCUT2D eigenvalue weighted by atomic mass is 79.9. The average molecular weight is 332 g/mol. The van der Waals surface area contributed by atoms with Crippen LogP contribution in [-0.2, 0) is 16.1 Å². The lowest BCUT2D eigenvalue weighted by molar-refractivity contribution is -0.138. The molecule has 1 heterocycles. The number of nitriles is 1. The van der Waals surface area contributed by atoms with E-state index in [1.54, 1.807) is 36.4 Å².